The Kier molecular flexibility index (Phi) is 4.36. The molecule has 4 heteroatoms. The van der Waals surface area contributed by atoms with Crippen molar-refractivity contribution < 1.29 is 0 Å². The van der Waals surface area contributed by atoms with E-state index in [1.54, 1.807) is 0 Å². The van der Waals surface area contributed by atoms with Crippen LogP contribution in [0.4, 0.5) is 0 Å². The minimum absolute atomic E-state index is 0.421. The molecule has 1 N–H and O–H groups in total. The zero-order chi connectivity index (χ0) is 14.7. The average molecular weight is 344 g/mol. The minimum Gasteiger partial charge on any atom is -0.310 e. The molecular formula is C17H18BrN3. The van der Waals surface area contributed by atoms with Gasteiger partial charge in [0.1, 0.15) is 0 Å². The van der Waals surface area contributed by atoms with E-state index in [2.05, 4.69) is 63.6 Å². The standard InChI is InChI=1S/C17H18BrN3/c1-13(10-14-5-7-16(18)8-6-14)19-11-15-12-20-21-9-3-2-4-17(15)21/h2-9,12-13,19H,10-11H2,1H3. The van der Waals surface area contributed by atoms with Crippen molar-refractivity contribution in [3.05, 3.63) is 70.5 Å². The van der Waals surface area contributed by atoms with Gasteiger partial charge in [-0.1, -0.05) is 34.1 Å². The van der Waals surface area contributed by atoms with Gasteiger partial charge >= 0.3 is 0 Å². The van der Waals surface area contributed by atoms with Gasteiger partial charge in [0.2, 0.25) is 0 Å². The molecule has 21 heavy (non-hydrogen) atoms. The van der Waals surface area contributed by atoms with Crippen LogP contribution < -0.4 is 5.32 Å². The molecule has 0 saturated carbocycles. The van der Waals surface area contributed by atoms with Gasteiger partial charge in [0, 0.05) is 28.8 Å². The van der Waals surface area contributed by atoms with E-state index in [1.165, 1.54) is 16.6 Å². The average Bonchev–Trinajstić information content (AvgIpc) is 2.91. The Labute approximate surface area is 133 Å². The van der Waals surface area contributed by atoms with Gasteiger partial charge in [-0.3, -0.25) is 0 Å². The Morgan fingerprint density at radius 2 is 2.00 bits per heavy atom. The maximum atomic E-state index is 4.36. The van der Waals surface area contributed by atoms with Gasteiger partial charge in [0.15, 0.2) is 0 Å². The highest BCUT2D eigenvalue weighted by molar-refractivity contribution is 9.10. The van der Waals surface area contributed by atoms with Crippen LogP contribution in [0.5, 0.6) is 0 Å². The molecule has 0 radical (unpaired) electrons. The van der Waals surface area contributed by atoms with Gasteiger partial charge in [0.25, 0.3) is 0 Å². The van der Waals surface area contributed by atoms with Crippen LogP contribution in [0, 0.1) is 0 Å². The molecule has 0 amide bonds. The fourth-order valence-corrected chi connectivity index (χ4v) is 2.72. The number of halogens is 1. The number of aromatic nitrogens is 2. The van der Waals surface area contributed by atoms with E-state index in [0.29, 0.717) is 6.04 Å². The maximum absolute atomic E-state index is 4.36. The van der Waals surface area contributed by atoms with Crippen LogP contribution in [0.1, 0.15) is 18.1 Å². The fourth-order valence-electron chi connectivity index (χ4n) is 2.45. The predicted octanol–water partition coefficient (Wildman–Crippen LogP) is 3.82. The van der Waals surface area contributed by atoms with Crippen LogP contribution in [-0.4, -0.2) is 15.7 Å². The summed E-state index contributed by atoms with van der Waals surface area (Å²) in [5.74, 6) is 0. The summed E-state index contributed by atoms with van der Waals surface area (Å²) in [6.07, 6.45) is 4.94. The highest BCUT2D eigenvalue weighted by Crippen LogP contribution is 2.13. The molecule has 1 unspecified atom stereocenters. The van der Waals surface area contributed by atoms with Gasteiger partial charge in [-0.05, 0) is 43.2 Å². The number of hydrogen-bond acceptors (Lipinski definition) is 2. The van der Waals surface area contributed by atoms with Crippen LogP contribution in [0.3, 0.4) is 0 Å². The van der Waals surface area contributed by atoms with Gasteiger partial charge in [0.05, 0.1) is 11.7 Å². The highest BCUT2D eigenvalue weighted by atomic mass is 79.9. The Bertz CT molecular complexity index is 718. The lowest BCUT2D eigenvalue weighted by Crippen LogP contribution is -2.27. The van der Waals surface area contributed by atoms with Crippen LogP contribution in [-0.2, 0) is 13.0 Å². The second-order valence-electron chi connectivity index (χ2n) is 5.31. The Morgan fingerprint density at radius 3 is 2.81 bits per heavy atom. The van der Waals surface area contributed by atoms with Crippen molar-refractivity contribution in [1.82, 2.24) is 14.9 Å². The Hall–Kier alpha value is -1.65. The molecule has 0 aliphatic rings. The molecule has 108 valence electrons. The Balaban J connectivity index is 1.60. The van der Waals surface area contributed by atoms with Crippen molar-refractivity contribution >= 4 is 21.4 Å². The number of benzene rings is 1. The fraction of sp³-hybridized carbons (Fsp3) is 0.235. The van der Waals surface area contributed by atoms with E-state index >= 15 is 0 Å². The van der Waals surface area contributed by atoms with Crippen molar-refractivity contribution in [2.24, 2.45) is 0 Å². The van der Waals surface area contributed by atoms with E-state index in [1.807, 2.05) is 29.0 Å². The second kappa shape index (κ2) is 6.41. The molecule has 3 nitrogen and oxygen atoms in total. The first-order valence-electron chi connectivity index (χ1n) is 7.11. The number of fused-ring (bicyclic) bond motifs is 1. The third-order valence-electron chi connectivity index (χ3n) is 3.60. The van der Waals surface area contributed by atoms with Gasteiger partial charge in [-0.25, -0.2) is 4.52 Å². The molecule has 0 aliphatic carbocycles. The van der Waals surface area contributed by atoms with E-state index in [-0.39, 0.29) is 0 Å². The summed E-state index contributed by atoms with van der Waals surface area (Å²) in [5, 5.41) is 7.94. The summed E-state index contributed by atoms with van der Waals surface area (Å²) < 4.78 is 3.04. The monoisotopic (exact) mass is 343 g/mol. The quantitative estimate of drug-likeness (QED) is 0.763. The van der Waals surface area contributed by atoms with Crippen LogP contribution in [0.2, 0.25) is 0 Å². The topological polar surface area (TPSA) is 29.3 Å². The van der Waals surface area contributed by atoms with E-state index in [0.717, 1.165) is 17.4 Å². The largest absolute Gasteiger partial charge is 0.310 e. The van der Waals surface area contributed by atoms with Crippen LogP contribution in [0.15, 0.2) is 59.3 Å². The molecule has 0 bridgehead atoms. The number of hydrogen-bond donors (Lipinski definition) is 1. The minimum atomic E-state index is 0.421. The predicted molar refractivity (Wildman–Crippen MR) is 89.3 cm³/mol. The summed E-state index contributed by atoms with van der Waals surface area (Å²) in [5.41, 5.74) is 3.75. The first-order valence-corrected chi connectivity index (χ1v) is 7.91. The van der Waals surface area contributed by atoms with Crippen LogP contribution >= 0.6 is 15.9 Å². The van der Waals surface area contributed by atoms with Gasteiger partial charge < -0.3 is 5.32 Å². The molecule has 0 fully saturated rings. The molecule has 1 aromatic carbocycles. The zero-order valence-corrected chi connectivity index (χ0v) is 13.5. The van der Waals surface area contributed by atoms with Gasteiger partial charge in [-0.15, -0.1) is 0 Å². The van der Waals surface area contributed by atoms with Crippen molar-refractivity contribution in [3.63, 3.8) is 0 Å². The first kappa shape index (κ1) is 14.3. The Morgan fingerprint density at radius 1 is 1.19 bits per heavy atom. The highest BCUT2D eigenvalue weighted by Gasteiger charge is 2.06. The molecule has 0 saturated heterocycles. The molecule has 2 aromatic heterocycles. The van der Waals surface area contributed by atoms with E-state index in [9.17, 15) is 0 Å². The van der Waals surface area contributed by atoms with E-state index in [4.69, 9.17) is 0 Å². The number of nitrogens with zero attached hydrogens (tertiary/aromatic N) is 2. The number of rotatable bonds is 5. The summed E-state index contributed by atoms with van der Waals surface area (Å²) in [6.45, 7) is 3.05. The number of pyridine rings is 1. The third-order valence-corrected chi connectivity index (χ3v) is 4.13. The van der Waals surface area contributed by atoms with Crippen LogP contribution in [0.25, 0.3) is 5.52 Å². The van der Waals surface area contributed by atoms with Crippen molar-refractivity contribution in [3.8, 4) is 0 Å². The molecular weight excluding hydrogens is 326 g/mol. The molecule has 3 aromatic rings. The first-order chi connectivity index (χ1) is 10.2. The smallest absolute Gasteiger partial charge is 0.0706 e. The summed E-state index contributed by atoms with van der Waals surface area (Å²) in [4.78, 5) is 0. The molecule has 1 atom stereocenters. The third kappa shape index (κ3) is 3.52. The van der Waals surface area contributed by atoms with E-state index < -0.39 is 0 Å². The summed E-state index contributed by atoms with van der Waals surface area (Å²) >= 11 is 3.47. The summed E-state index contributed by atoms with van der Waals surface area (Å²) in [7, 11) is 0. The molecule has 0 spiro atoms. The molecule has 3 rings (SSSR count). The SMILES string of the molecule is CC(Cc1ccc(Br)cc1)NCc1cnn2ccccc12. The maximum Gasteiger partial charge on any atom is 0.0706 e. The summed E-state index contributed by atoms with van der Waals surface area (Å²) in [6, 6.07) is 15.1. The zero-order valence-electron chi connectivity index (χ0n) is 12.0. The number of nitrogens with one attached hydrogen (secondary N) is 1. The lowest BCUT2D eigenvalue weighted by atomic mass is 10.1. The van der Waals surface area contributed by atoms with Crippen molar-refractivity contribution in [1.29, 1.82) is 0 Å². The molecule has 0 aliphatic heterocycles. The molecule has 2 heterocycles. The lowest BCUT2D eigenvalue weighted by molar-refractivity contribution is 0.547. The van der Waals surface area contributed by atoms with Crippen molar-refractivity contribution in [2.75, 3.05) is 0 Å². The second-order valence-corrected chi connectivity index (χ2v) is 6.23. The van der Waals surface area contributed by atoms with Gasteiger partial charge in [-0.2, -0.15) is 5.10 Å². The normalized spacial score (nSPS) is 12.7. The van der Waals surface area contributed by atoms with Crippen molar-refractivity contribution in [2.45, 2.75) is 25.9 Å². The lowest BCUT2D eigenvalue weighted by Gasteiger charge is -2.13.